The van der Waals surface area contributed by atoms with E-state index in [0.717, 1.165) is 5.56 Å². The fourth-order valence-corrected chi connectivity index (χ4v) is 3.11. The number of nitrogens with two attached hydrogens (primary N) is 1. The first-order valence-electron chi connectivity index (χ1n) is 6.71. The molecule has 1 aliphatic rings. The van der Waals surface area contributed by atoms with Crippen molar-refractivity contribution in [3.05, 3.63) is 34.6 Å². The van der Waals surface area contributed by atoms with Crippen molar-refractivity contribution in [2.75, 3.05) is 0 Å². The Morgan fingerprint density at radius 3 is 2.67 bits per heavy atom. The SMILES string of the molecule is CC1(C(N)Cc2cc(F)ccc2Cl)CCCCC1. The van der Waals surface area contributed by atoms with Crippen LogP contribution in [0.4, 0.5) is 4.39 Å². The molecular weight excluding hydrogens is 249 g/mol. The highest BCUT2D eigenvalue weighted by Gasteiger charge is 2.33. The van der Waals surface area contributed by atoms with Crippen LogP contribution in [0.2, 0.25) is 5.02 Å². The van der Waals surface area contributed by atoms with Gasteiger partial charge in [-0.3, -0.25) is 0 Å². The lowest BCUT2D eigenvalue weighted by atomic mass is 9.69. The minimum atomic E-state index is -0.240. The highest BCUT2D eigenvalue weighted by Crippen LogP contribution is 2.39. The Balaban J connectivity index is 2.10. The van der Waals surface area contributed by atoms with Gasteiger partial charge in [0.2, 0.25) is 0 Å². The van der Waals surface area contributed by atoms with Crippen LogP contribution in [-0.4, -0.2) is 6.04 Å². The summed E-state index contributed by atoms with van der Waals surface area (Å²) in [5.74, 6) is -0.240. The maximum atomic E-state index is 13.2. The fourth-order valence-electron chi connectivity index (χ4n) is 2.91. The molecule has 0 heterocycles. The zero-order chi connectivity index (χ0) is 13.2. The molecule has 0 bridgehead atoms. The van der Waals surface area contributed by atoms with Gasteiger partial charge in [-0.05, 0) is 48.4 Å². The van der Waals surface area contributed by atoms with Gasteiger partial charge in [0.25, 0.3) is 0 Å². The molecule has 100 valence electrons. The summed E-state index contributed by atoms with van der Waals surface area (Å²) in [6.45, 7) is 2.25. The molecule has 2 N–H and O–H groups in total. The average Bonchev–Trinajstić information content (AvgIpc) is 2.35. The first-order chi connectivity index (χ1) is 8.51. The van der Waals surface area contributed by atoms with Crippen LogP contribution in [0.3, 0.4) is 0 Å². The van der Waals surface area contributed by atoms with Crippen molar-refractivity contribution in [1.29, 1.82) is 0 Å². The lowest BCUT2D eigenvalue weighted by molar-refractivity contribution is 0.168. The van der Waals surface area contributed by atoms with Gasteiger partial charge in [-0.15, -0.1) is 0 Å². The van der Waals surface area contributed by atoms with Crippen molar-refractivity contribution in [3.63, 3.8) is 0 Å². The Labute approximate surface area is 114 Å². The van der Waals surface area contributed by atoms with Gasteiger partial charge in [0.05, 0.1) is 0 Å². The summed E-state index contributed by atoms with van der Waals surface area (Å²) in [5, 5.41) is 0.617. The van der Waals surface area contributed by atoms with E-state index in [0.29, 0.717) is 11.4 Å². The van der Waals surface area contributed by atoms with E-state index < -0.39 is 0 Å². The molecular formula is C15H21ClFN. The third-order valence-electron chi connectivity index (χ3n) is 4.34. The Bertz CT molecular complexity index is 413. The molecule has 1 unspecified atom stereocenters. The van der Waals surface area contributed by atoms with Gasteiger partial charge in [-0.1, -0.05) is 37.8 Å². The van der Waals surface area contributed by atoms with Crippen molar-refractivity contribution in [2.24, 2.45) is 11.1 Å². The van der Waals surface area contributed by atoms with Crippen molar-refractivity contribution < 1.29 is 4.39 Å². The molecule has 0 amide bonds. The number of rotatable bonds is 3. The smallest absolute Gasteiger partial charge is 0.123 e. The van der Waals surface area contributed by atoms with Gasteiger partial charge in [0, 0.05) is 11.1 Å². The molecule has 0 radical (unpaired) electrons. The van der Waals surface area contributed by atoms with E-state index in [4.69, 9.17) is 17.3 Å². The van der Waals surface area contributed by atoms with E-state index in [1.807, 2.05) is 0 Å². The number of hydrogen-bond acceptors (Lipinski definition) is 1. The standard InChI is InChI=1S/C15H21ClFN/c1-15(7-3-2-4-8-15)14(18)10-11-9-12(17)5-6-13(11)16/h5-6,9,14H,2-4,7-8,10,18H2,1H3. The molecule has 1 aromatic rings. The Hall–Kier alpha value is -0.600. The molecule has 1 aromatic carbocycles. The van der Waals surface area contributed by atoms with E-state index >= 15 is 0 Å². The molecule has 2 rings (SSSR count). The van der Waals surface area contributed by atoms with Gasteiger partial charge in [0.1, 0.15) is 5.82 Å². The largest absolute Gasteiger partial charge is 0.327 e. The second kappa shape index (κ2) is 5.58. The number of halogens is 2. The van der Waals surface area contributed by atoms with Crippen LogP contribution in [0, 0.1) is 11.2 Å². The predicted molar refractivity (Wildman–Crippen MR) is 74.3 cm³/mol. The molecule has 0 aromatic heterocycles. The maximum absolute atomic E-state index is 13.2. The van der Waals surface area contributed by atoms with Crippen molar-refractivity contribution in [2.45, 2.75) is 51.5 Å². The van der Waals surface area contributed by atoms with E-state index in [1.165, 1.54) is 44.2 Å². The van der Waals surface area contributed by atoms with Crippen LogP contribution in [0.5, 0.6) is 0 Å². The van der Waals surface area contributed by atoms with Crippen LogP contribution in [0.25, 0.3) is 0 Å². The highest BCUT2D eigenvalue weighted by atomic mass is 35.5. The van der Waals surface area contributed by atoms with Gasteiger partial charge in [0.15, 0.2) is 0 Å². The van der Waals surface area contributed by atoms with Crippen LogP contribution in [0.1, 0.15) is 44.6 Å². The van der Waals surface area contributed by atoms with Crippen LogP contribution in [-0.2, 0) is 6.42 Å². The molecule has 1 atom stereocenters. The van der Waals surface area contributed by atoms with Crippen molar-refractivity contribution >= 4 is 11.6 Å². The first-order valence-corrected chi connectivity index (χ1v) is 7.08. The van der Waals surface area contributed by atoms with Gasteiger partial charge in [-0.2, -0.15) is 0 Å². The predicted octanol–water partition coefficient (Wildman–Crippen LogP) is 4.32. The number of hydrogen-bond donors (Lipinski definition) is 1. The summed E-state index contributed by atoms with van der Waals surface area (Å²) in [6.07, 6.45) is 6.81. The minimum absolute atomic E-state index is 0.0529. The van der Waals surface area contributed by atoms with Crippen molar-refractivity contribution in [3.8, 4) is 0 Å². The fraction of sp³-hybridized carbons (Fsp3) is 0.600. The lowest BCUT2D eigenvalue weighted by Crippen LogP contribution is -2.42. The van der Waals surface area contributed by atoms with E-state index in [9.17, 15) is 4.39 Å². The van der Waals surface area contributed by atoms with Crippen LogP contribution < -0.4 is 5.73 Å². The molecule has 1 saturated carbocycles. The van der Waals surface area contributed by atoms with Gasteiger partial charge in [-0.25, -0.2) is 4.39 Å². The van der Waals surface area contributed by atoms with E-state index in [2.05, 4.69) is 6.92 Å². The van der Waals surface area contributed by atoms with Crippen LogP contribution in [0.15, 0.2) is 18.2 Å². The summed E-state index contributed by atoms with van der Waals surface area (Å²) in [6, 6.07) is 4.56. The second-order valence-electron chi connectivity index (χ2n) is 5.76. The summed E-state index contributed by atoms with van der Waals surface area (Å²) in [7, 11) is 0. The summed E-state index contributed by atoms with van der Waals surface area (Å²) >= 11 is 6.10. The third kappa shape index (κ3) is 3.04. The Morgan fingerprint density at radius 2 is 2.00 bits per heavy atom. The molecule has 0 aliphatic heterocycles. The maximum Gasteiger partial charge on any atom is 0.123 e. The topological polar surface area (TPSA) is 26.0 Å². The average molecular weight is 270 g/mol. The van der Waals surface area contributed by atoms with Crippen LogP contribution >= 0.6 is 11.6 Å². The Morgan fingerprint density at radius 1 is 1.33 bits per heavy atom. The van der Waals surface area contributed by atoms with E-state index in [1.54, 1.807) is 6.07 Å². The minimum Gasteiger partial charge on any atom is -0.327 e. The molecule has 1 nitrogen and oxygen atoms in total. The van der Waals surface area contributed by atoms with Gasteiger partial charge >= 0.3 is 0 Å². The molecule has 1 fully saturated rings. The molecule has 1 aliphatic carbocycles. The zero-order valence-corrected chi connectivity index (χ0v) is 11.6. The van der Waals surface area contributed by atoms with Crippen molar-refractivity contribution in [1.82, 2.24) is 0 Å². The normalized spacial score (nSPS) is 20.7. The monoisotopic (exact) mass is 269 g/mol. The highest BCUT2D eigenvalue weighted by molar-refractivity contribution is 6.31. The third-order valence-corrected chi connectivity index (χ3v) is 4.71. The second-order valence-corrected chi connectivity index (χ2v) is 6.17. The quantitative estimate of drug-likeness (QED) is 0.869. The first kappa shape index (κ1) is 13.8. The van der Waals surface area contributed by atoms with Gasteiger partial charge < -0.3 is 5.73 Å². The molecule has 0 saturated heterocycles. The molecule has 3 heteroatoms. The van der Waals surface area contributed by atoms with E-state index in [-0.39, 0.29) is 17.3 Å². The molecule has 18 heavy (non-hydrogen) atoms. The summed E-state index contributed by atoms with van der Waals surface area (Å²) in [5.41, 5.74) is 7.36. The molecule has 0 spiro atoms. The lowest BCUT2D eigenvalue weighted by Gasteiger charge is -2.39. The summed E-state index contributed by atoms with van der Waals surface area (Å²) in [4.78, 5) is 0. The summed E-state index contributed by atoms with van der Waals surface area (Å²) < 4.78 is 13.2. The zero-order valence-electron chi connectivity index (χ0n) is 10.9. The Kier molecular flexibility index (Phi) is 4.29. The number of benzene rings is 1.